The second-order valence-corrected chi connectivity index (χ2v) is 7.91. The van der Waals surface area contributed by atoms with Gasteiger partial charge in [0.05, 0.1) is 4.90 Å². The average molecular weight is 399 g/mol. The van der Waals surface area contributed by atoms with Crippen LogP contribution in [0.5, 0.6) is 0 Å². The molecule has 0 fully saturated rings. The highest BCUT2D eigenvalue weighted by atomic mass is 35.5. The molecule has 0 unspecified atom stereocenters. The highest BCUT2D eigenvalue weighted by Gasteiger charge is 2.16. The largest absolute Gasteiger partial charge is 0.341 e. The standard InChI is InChI=1S/C18H20ClFN2O3S/c1-14(23)22(11-9-15-5-2-3-8-18(15)20)12-10-21-26(24,25)17-7-4-6-16(19)13-17/h2-8,13,21H,9-12H2,1H3. The minimum Gasteiger partial charge on any atom is -0.341 e. The Labute approximate surface area is 157 Å². The zero-order valence-electron chi connectivity index (χ0n) is 14.3. The van der Waals surface area contributed by atoms with E-state index >= 15 is 0 Å². The molecule has 0 aliphatic carbocycles. The molecule has 0 spiro atoms. The number of nitrogens with zero attached hydrogens (tertiary/aromatic N) is 1. The molecule has 0 aliphatic heterocycles. The van der Waals surface area contributed by atoms with Crippen molar-refractivity contribution < 1.29 is 17.6 Å². The molecule has 8 heteroatoms. The number of amides is 1. The Balaban J connectivity index is 1.92. The molecule has 0 saturated carbocycles. The first-order valence-corrected chi connectivity index (χ1v) is 9.90. The van der Waals surface area contributed by atoms with Crippen molar-refractivity contribution in [1.29, 1.82) is 0 Å². The summed E-state index contributed by atoms with van der Waals surface area (Å²) in [5.41, 5.74) is 0.512. The lowest BCUT2D eigenvalue weighted by molar-refractivity contribution is -0.128. The zero-order valence-corrected chi connectivity index (χ0v) is 15.9. The summed E-state index contributed by atoms with van der Waals surface area (Å²) in [7, 11) is -3.71. The van der Waals surface area contributed by atoms with Crippen LogP contribution in [0.2, 0.25) is 5.02 Å². The van der Waals surface area contributed by atoms with Crippen molar-refractivity contribution in [2.45, 2.75) is 18.2 Å². The Bertz CT molecular complexity index is 874. The summed E-state index contributed by atoms with van der Waals surface area (Å²) < 4.78 is 40.6. The number of sulfonamides is 1. The Morgan fingerprint density at radius 3 is 2.54 bits per heavy atom. The van der Waals surface area contributed by atoms with Crippen LogP contribution in [-0.4, -0.2) is 38.9 Å². The first-order valence-electron chi connectivity index (χ1n) is 8.04. The van der Waals surface area contributed by atoms with E-state index in [4.69, 9.17) is 11.6 Å². The number of benzene rings is 2. The summed E-state index contributed by atoms with van der Waals surface area (Å²) in [6.07, 6.45) is 0.354. The normalized spacial score (nSPS) is 11.3. The van der Waals surface area contributed by atoms with Gasteiger partial charge in [0.2, 0.25) is 15.9 Å². The van der Waals surface area contributed by atoms with Gasteiger partial charge in [-0.1, -0.05) is 35.9 Å². The molecule has 0 heterocycles. The van der Waals surface area contributed by atoms with Crippen molar-refractivity contribution in [3.63, 3.8) is 0 Å². The van der Waals surface area contributed by atoms with Crippen LogP contribution in [0, 0.1) is 5.82 Å². The Morgan fingerprint density at radius 2 is 1.88 bits per heavy atom. The van der Waals surface area contributed by atoms with Gasteiger partial charge < -0.3 is 4.90 Å². The number of nitrogens with one attached hydrogen (secondary N) is 1. The summed E-state index contributed by atoms with van der Waals surface area (Å²) in [6, 6.07) is 12.3. The van der Waals surface area contributed by atoms with Crippen molar-refractivity contribution in [2.24, 2.45) is 0 Å². The van der Waals surface area contributed by atoms with Crippen LogP contribution in [0.25, 0.3) is 0 Å². The van der Waals surface area contributed by atoms with Crippen molar-refractivity contribution >= 4 is 27.5 Å². The summed E-state index contributed by atoms with van der Waals surface area (Å²) >= 11 is 5.81. The number of rotatable bonds is 8. The molecule has 0 bridgehead atoms. The fourth-order valence-corrected chi connectivity index (χ4v) is 3.74. The van der Waals surface area contributed by atoms with Gasteiger partial charge in [-0.2, -0.15) is 0 Å². The van der Waals surface area contributed by atoms with Gasteiger partial charge in [-0.25, -0.2) is 17.5 Å². The van der Waals surface area contributed by atoms with Gasteiger partial charge in [0, 0.05) is 31.6 Å². The maximum atomic E-state index is 13.7. The van der Waals surface area contributed by atoms with Crippen LogP contribution in [0.1, 0.15) is 12.5 Å². The van der Waals surface area contributed by atoms with E-state index < -0.39 is 10.0 Å². The lowest BCUT2D eigenvalue weighted by Crippen LogP contribution is -2.38. The van der Waals surface area contributed by atoms with E-state index in [9.17, 15) is 17.6 Å². The molecule has 0 aliphatic rings. The molecule has 1 amide bonds. The predicted molar refractivity (Wildman–Crippen MR) is 99.0 cm³/mol. The Hall–Kier alpha value is -1.96. The van der Waals surface area contributed by atoms with Crippen LogP contribution in [0.3, 0.4) is 0 Å². The van der Waals surface area contributed by atoms with Gasteiger partial charge in [-0.05, 0) is 36.2 Å². The molecule has 0 radical (unpaired) electrons. The SMILES string of the molecule is CC(=O)N(CCNS(=O)(=O)c1cccc(Cl)c1)CCc1ccccc1F. The van der Waals surface area contributed by atoms with Gasteiger partial charge in [-0.15, -0.1) is 0 Å². The summed E-state index contributed by atoms with van der Waals surface area (Å²) in [5, 5.41) is 0.322. The minimum atomic E-state index is -3.71. The van der Waals surface area contributed by atoms with E-state index in [0.29, 0.717) is 23.6 Å². The quantitative estimate of drug-likeness (QED) is 0.743. The molecule has 0 atom stereocenters. The third kappa shape index (κ3) is 5.79. The average Bonchev–Trinajstić information content (AvgIpc) is 2.59. The van der Waals surface area contributed by atoms with E-state index in [2.05, 4.69) is 4.72 Å². The summed E-state index contributed by atoms with van der Waals surface area (Å²) in [6.45, 7) is 1.93. The predicted octanol–water partition coefficient (Wildman–Crippen LogP) is 2.85. The number of carbonyl (C=O) groups is 1. The number of hydrogen-bond acceptors (Lipinski definition) is 3. The molecule has 26 heavy (non-hydrogen) atoms. The summed E-state index contributed by atoms with van der Waals surface area (Å²) in [5.74, 6) is -0.527. The van der Waals surface area contributed by atoms with Gasteiger partial charge >= 0.3 is 0 Å². The number of carbonyl (C=O) groups excluding carboxylic acids is 1. The van der Waals surface area contributed by atoms with E-state index in [1.807, 2.05) is 0 Å². The lowest BCUT2D eigenvalue weighted by atomic mass is 10.1. The first kappa shape index (κ1) is 20.4. The van der Waals surface area contributed by atoms with Crippen molar-refractivity contribution in [2.75, 3.05) is 19.6 Å². The van der Waals surface area contributed by atoms with Gasteiger partial charge in [-0.3, -0.25) is 4.79 Å². The fraction of sp³-hybridized carbons (Fsp3) is 0.278. The monoisotopic (exact) mass is 398 g/mol. The Kier molecular flexibility index (Phi) is 7.14. The number of hydrogen-bond donors (Lipinski definition) is 1. The van der Waals surface area contributed by atoms with Crippen LogP contribution >= 0.6 is 11.6 Å². The van der Waals surface area contributed by atoms with Crippen LogP contribution in [-0.2, 0) is 21.2 Å². The van der Waals surface area contributed by atoms with Gasteiger partial charge in [0.25, 0.3) is 0 Å². The van der Waals surface area contributed by atoms with Crippen molar-refractivity contribution in [3.8, 4) is 0 Å². The fourth-order valence-electron chi connectivity index (χ4n) is 2.42. The molecule has 1 N–H and O–H groups in total. The third-order valence-corrected chi connectivity index (χ3v) is 5.53. The van der Waals surface area contributed by atoms with Crippen molar-refractivity contribution in [3.05, 3.63) is 64.9 Å². The third-order valence-electron chi connectivity index (χ3n) is 3.83. The second kappa shape index (κ2) is 9.12. The van der Waals surface area contributed by atoms with Crippen LogP contribution < -0.4 is 4.72 Å². The second-order valence-electron chi connectivity index (χ2n) is 5.70. The van der Waals surface area contributed by atoms with Crippen LogP contribution in [0.4, 0.5) is 4.39 Å². The van der Waals surface area contributed by atoms with Crippen LogP contribution in [0.15, 0.2) is 53.4 Å². The highest BCUT2D eigenvalue weighted by molar-refractivity contribution is 7.89. The smallest absolute Gasteiger partial charge is 0.240 e. The highest BCUT2D eigenvalue weighted by Crippen LogP contribution is 2.15. The molecule has 0 saturated heterocycles. The lowest BCUT2D eigenvalue weighted by Gasteiger charge is -2.21. The maximum absolute atomic E-state index is 13.7. The van der Waals surface area contributed by atoms with Gasteiger partial charge in [0.1, 0.15) is 5.82 Å². The molecule has 140 valence electrons. The molecule has 2 aromatic carbocycles. The van der Waals surface area contributed by atoms with E-state index in [0.717, 1.165) is 0 Å². The number of halogens is 2. The molecule has 2 rings (SSSR count). The van der Waals surface area contributed by atoms with E-state index in [1.165, 1.54) is 30.0 Å². The topological polar surface area (TPSA) is 66.5 Å². The molecular formula is C18H20ClFN2O3S. The minimum absolute atomic E-state index is 0.0473. The molecular weight excluding hydrogens is 379 g/mol. The van der Waals surface area contributed by atoms with E-state index in [-0.39, 0.29) is 29.7 Å². The zero-order chi connectivity index (χ0) is 19.2. The van der Waals surface area contributed by atoms with E-state index in [1.54, 1.807) is 30.3 Å². The first-order chi connectivity index (χ1) is 12.3. The summed E-state index contributed by atoms with van der Waals surface area (Å²) in [4.78, 5) is 13.3. The van der Waals surface area contributed by atoms with Gasteiger partial charge in [0.15, 0.2) is 0 Å². The molecule has 2 aromatic rings. The maximum Gasteiger partial charge on any atom is 0.240 e. The molecule has 5 nitrogen and oxygen atoms in total. The Morgan fingerprint density at radius 1 is 1.15 bits per heavy atom. The van der Waals surface area contributed by atoms with Crippen molar-refractivity contribution in [1.82, 2.24) is 9.62 Å². The molecule has 0 aromatic heterocycles.